The Morgan fingerprint density at radius 2 is 2.10 bits per heavy atom. The number of hydrogen-bond donors (Lipinski definition) is 2. The van der Waals surface area contributed by atoms with Crippen LogP contribution in [0.1, 0.15) is 48.9 Å². The first kappa shape index (κ1) is 14.7. The molecule has 1 aromatic rings. The second-order valence-corrected chi connectivity index (χ2v) is 6.65. The molecular weight excluding hydrogens is 282 g/mol. The third-order valence-electron chi connectivity index (χ3n) is 4.82. The fraction of sp³-hybridized carbons (Fsp3) is 0.625. The highest BCUT2D eigenvalue weighted by atomic mass is 32.1. The molecule has 2 unspecified atom stereocenters. The maximum Gasteiger partial charge on any atom is 0.139 e. The minimum atomic E-state index is -0.294. The predicted molar refractivity (Wildman–Crippen MR) is 88.8 cm³/mol. The van der Waals surface area contributed by atoms with Crippen LogP contribution in [0.3, 0.4) is 0 Å². The average molecular weight is 305 g/mol. The van der Waals surface area contributed by atoms with Crippen LogP contribution in [0.15, 0.2) is 6.07 Å². The van der Waals surface area contributed by atoms with Gasteiger partial charge in [0.15, 0.2) is 0 Å². The third kappa shape index (κ3) is 2.77. The maximum atomic E-state index is 10.3. The molecule has 21 heavy (non-hydrogen) atoms. The molecule has 0 amide bonds. The van der Waals surface area contributed by atoms with E-state index in [0.717, 1.165) is 56.3 Å². The average Bonchev–Trinajstić information content (AvgIpc) is 2.93. The van der Waals surface area contributed by atoms with Gasteiger partial charge in [-0.3, -0.25) is 0 Å². The zero-order valence-electron chi connectivity index (χ0n) is 12.5. The van der Waals surface area contributed by atoms with Gasteiger partial charge in [-0.05, 0) is 43.7 Å². The molecule has 0 bridgehead atoms. The topological polar surface area (TPSA) is 62.4 Å². The summed E-state index contributed by atoms with van der Waals surface area (Å²) in [5.74, 6) is 0.842. The summed E-state index contributed by atoms with van der Waals surface area (Å²) in [4.78, 5) is 7.32. The molecule has 0 radical (unpaired) electrons. The summed E-state index contributed by atoms with van der Waals surface area (Å²) in [6, 6.07) is 2.22. The van der Waals surface area contributed by atoms with Gasteiger partial charge in [0.25, 0.3) is 0 Å². The quantitative estimate of drug-likeness (QED) is 0.836. The molecule has 5 heteroatoms. The molecule has 1 heterocycles. The molecule has 4 nitrogen and oxygen atoms in total. The van der Waals surface area contributed by atoms with Crippen molar-refractivity contribution in [2.45, 2.75) is 57.1 Å². The monoisotopic (exact) mass is 305 g/mol. The summed E-state index contributed by atoms with van der Waals surface area (Å²) >= 11 is 5.22. The molecule has 1 saturated carbocycles. The number of aliphatic hydroxyl groups excluding tert-OH is 1. The second-order valence-electron chi connectivity index (χ2n) is 6.21. The number of aliphatic hydroxyl groups is 1. The van der Waals surface area contributed by atoms with Crippen LogP contribution < -0.4 is 10.6 Å². The van der Waals surface area contributed by atoms with Crippen LogP contribution in [0.4, 0.5) is 5.82 Å². The Kier molecular flexibility index (Phi) is 4.13. The Morgan fingerprint density at radius 1 is 1.33 bits per heavy atom. The summed E-state index contributed by atoms with van der Waals surface area (Å²) in [5, 5.41) is 10.3. The summed E-state index contributed by atoms with van der Waals surface area (Å²) < 4.78 is 0. The number of likely N-dealkylation sites (N-methyl/N-ethyl adjacent to an activating group) is 1. The summed E-state index contributed by atoms with van der Waals surface area (Å²) in [5.41, 5.74) is 9.21. The summed E-state index contributed by atoms with van der Waals surface area (Å²) in [7, 11) is 2.00. The first-order chi connectivity index (χ1) is 10.1. The van der Waals surface area contributed by atoms with E-state index in [-0.39, 0.29) is 12.1 Å². The van der Waals surface area contributed by atoms with E-state index in [9.17, 15) is 5.11 Å². The van der Waals surface area contributed by atoms with E-state index in [1.54, 1.807) is 0 Å². The van der Waals surface area contributed by atoms with Crippen LogP contribution in [0.25, 0.3) is 0 Å². The van der Waals surface area contributed by atoms with Crippen LogP contribution in [-0.2, 0) is 12.8 Å². The van der Waals surface area contributed by atoms with Gasteiger partial charge < -0.3 is 15.7 Å². The van der Waals surface area contributed by atoms with Crippen molar-refractivity contribution in [3.63, 3.8) is 0 Å². The second kappa shape index (κ2) is 5.89. The summed E-state index contributed by atoms with van der Waals surface area (Å²) in [6.07, 6.45) is 7.06. The lowest BCUT2D eigenvalue weighted by Crippen LogP contribution is -2.44. The minimum absolute atomic E-state index is 0.110. The van der Waals surface area contributed by atoms with E-state index in [2.05, 4.69) is 11.0 Å². The first-order valence-electron chi connectivity index (χ1n) is 7.81. The van der Waals surface area contributed by atoms with Gasteiger partial charge in [0.05, 0.1) is 17.7 Å². The van der Waals surface area contributed by atoms with Gasteiger partial charge in [0.1, 0.15) is 10.8 Å². The molecule has 3 rings (SSSR count). The highest BCUT2D eigenvalue weighted by Crippen LogP contribution is 2.31. The maximum absolute atomic E-state index is 10.3. The van der Waals surface area contributed by atoms with Gasteiger partial charge in [0.2, 0.25) is 0 Å². The third-order valence-corrected chi connectivity index (χ3v) is 5.04. The molecule has 1 fully saturated rings. The van der Waals surface area contributed by atoms with E-state index in [0.29, 0.717) is 4.99 Å². The smallest absolute Gasteiger partial charge is 0.139 e. The number of nitrogens with two attached hydrogens (primary N) is 1. The van der Waals surface area contributed by atoms with Crippen molar-refractivity contribution >= 4 is 23.0 Å². The van der Waals surface area contributed by atoms with Crippen molar-refractivity contribution in [1.29, 1.82) is 0 Å². The first-order valence-corrected chi connectivity index (χ1v) is 8.22. The number of thiocarbonyl (C=S) groups is 1. The van der Waals surface area contributed by atoms with Gasteiger partial charge >= 0.3 is 0 Å². The number of pyridine rings is 1. The van der Waals surface area contributed by atoms with E-state index in [1.807, 2.05) is 7.05 Å². The highest BCUT2D eigenvalue weighted by molar-refractivity contribution is 7.80. The number of nitrogens with zero attached hydrogens (tertiary/aromatic N) is 2. The molecule has 2 aliphatic carbocycles. The fourth-order valence-electron chi connectivity index (χ4n) is 3.61. The van der Waals surface area contributed by atoms with Gasteiger partial charge in [-0.1, -0.05) is 25.1 Å². The lowest BCUT2D eigenvalue weighted by atomic mass is 9.91. The number of aromatic nitrogens is 1. The predicted octanol–water partition coefficient (Wildman–Crippen LogP) is 1.94. The zero-order chi connectivity index (χ0) is 15.0. The van der Waals surface area contributed by atoms with Gasteiger partial charge in [-0.15, -0.1) is 0 Å². The van der Waals surface area contributed by atoms with Gasteiger partial charge in [-0.2, -0.15) is 0 Å². The fourth-order valence-corrected chi connectivity index (χ4v) is 3.76. The normalized spacial score (nSPS) is 24.7. The van der Waals surface area contributed by atoms with E-state index in [1.165, 1.54) is 11.3 Å². The Hall–Kier alpha value is -1.20. The Bertz CT molecular complexity index is 561. The standard InChI is InChI=1S/C16H23N3OS/c1-19(13-7-2-3-8-14(13)20)16-11(15(17)21)9-10-5-4-6-12(10)18-16/h9,13-14,20H,2-8H2,1H3,(H2,17,21). The van der Waals surface area contributed by atoms with Crippen LogP contribution in [0.2, 0.25) is 0 Å². The lowest BCUT2D eigenvalue weighted by molar-refractivity contribution is 0.106. The van der Waals surface area contributed by atoms with Crippen molar-refractivity contribution in [1.82, 2.24) is 4.98 Å². The lowest BCUT2D eigenvalue weighted by Gasteiger charge is -2.36. The molecular formula is C16H23N3OS. The molecule has 114 valence electrons. The number of rotatable bonds is 3. The molecule has 0 aliphatic heterocycles. The molecule has 1 aromatic heterocycles. The number of aryl methyl sites for hydroxylation is 2. The minimum Gasteiger partial charge on any atom is -0.391 e. The van der Waals surface area contributed by atoms with Gasteiger partial charge in [0, 0.05) is 12.7 Å². The van der Waals surface area contributed by atoms with E-state index < -0.39 is 0 Å². The molecule has 0 aromatic carbocycles. The SMILES string of the molecule is CN(c1nc2c(cc1C(N)=S)CCC2)C1CCCCC1O. The van der Waals surface area contributed by atoms with E-state index in [4.69, 9.17) is 22.9 Å². The highest BCUT2D eigenvalue weighted by Gasteiger charge is 2.30. The molecule has 0 spiro atoms. The van der Waals surface area contributed by atoms with Crippen molar-refractivity contribution in [3.8, 4) is 0 Å². The van der Waals surface area contributed by atoms with Crippen molar-refractivity contribution in [2.24, 2.45) is 5.73 Å². The van der Waals surface area contributed by atoms with Crippen LogP contribution in [0, 0.1) is 0 Å². The number of fused-ring (bicyclic) bond motifs is 1. The largest absolute Gasteiger partial charge is 0.391 e. The molecule has 0 saturated heterocycles. The van der Waals surface area contributed by atoms with E-state index >= 15 is 0 Å². The molecule has 3 N–H and O–H groups in total. The molecule has 2 aliphatic rings. The number of hydrogen-bond acceptors (Lipinski definition) is 4. The van der Waals surface area contributed by atoms with Crippen LogP contribution >= 0.6 is 12.2 Å². The van der Waals surface area contributed by atoms with Crippen LogP contribution in [-0.4, -0.2) is 34.3 Å². The van der Waals surface area contributed by atoms with Crippen LogP contribution in [0.5, 0.6) is 0 Å². The van der Waals surface area contributed by atoms with Gasteiger partial charge in [-0.25, -0.2) is 4.98 Å². The summed E-state index contributed by atoms with van der Waals surface area (Å²) in [6.45, 7) is 0. The number of anilines is 1. The van der Waals surface area contributed by atoms with Crippen molar-refractivity contribution in [2.75, 3.05) is 11.9 Å². The Balaban J connectivity index is 1.98. The van der Waals surface area contributed by atoms with Crippen molar-refractivity contribution in [3.05, 3.63) is 22.9 Å². The van der Waals surface area contributed by atoms with Crippen molar-refractivity contribution < 1.29 is 5.11 Å². The molecule has 2 atom stereocenters. The Morgan fingerprint density at radius 3 is 2.81 bits per heavy atom. The zero-order valence-corrected chi connectivity index (χ0v) is 13.3. The Labute approximate surface area is 131 Å².